The Morgan fingerprint density at radius 2 is 1.02 bits per heavy atom. The van der Waals surface area contributed by atoms with Crippen molar-refractivity contribution in [1.29, 1.82) is 0 Å². The Kier molecular flexibility index (Phi) is 26.3. The summed E-state index contributed by atoms with van der Waals surface area (Å²) in [6, 6.07) is 41.4. The minimum absolute atomic E-state index is 0.00153. The lowest BCUT2D eigenvalue weighted by Gasteiger charge is -2.42. The van der Waals surface area contributed by atoms with Crippen molar-refractivity contribution in [2.24, 2.45) is 14.1 Å². The van der Waals surface area contributed by atoms with Crippen LogP contribution in [0.25, 0.3) is 11.1 Å². The van der Waals surface area contributed by atoms with Crippen molar-refractivity contribution in [2.75, 3.05) is 60.0 Å². The number of nitrogens with one attached hydrogen (secondary N) is 2. The summed E-state index contributed by atoms with van der Waals surface area (Å²) < 4.78 is 52.4. The number of rotatable bonds is 25. The van der Waals surface area contributed by atoms with Crippen LogP contribution in [0.3, 0.4) is 0 Å². The van der Waals surface area contributed by atoms with Gasteiger partial charge in [-0.25, -0.2) is 19.4 Å². The number of hydrogen-bond donors (Lipinski definition) is 3. The Balaban J connectivity index is 0.000000229. The van der Waals surface area contributed by atoms with Crippen LogP contribution in [0.2, 0.25) is 0 Å². The molecule has 2 aromatic heterocycles. The molecule has 14 rings (SSSR count). The number of benzene rings is 6. The number of aromatic nitrogens is 2. The molecular formula is C89H98N8O17. The number of para-hydroxylation sites is 1. The second-order valence-corrected chi connectivity index (χ2v) is 29.6. The van der Waals surface area contributed by atoms with E-state index in [0.717, 1.165) is 96.0 Å². The Morgan fingerprint density at radius 3 is 1.53 bits per heavy atom. The second-order valence-electron chi connectivity index (χ2n) is 29.6. The molecule has 8 aromatic rings. The number of carbonyl (C=O) groups is 8. The number of amides is 6. The summed E-state index contributed by atoms with van der Waals surface area (Å²) in [5.41, 5.74) is 10.7. The molecule has 3 N–H and O–H groups in total. The molecule has 0 saturated carbocycles. The predicted octanol–water partition coefficient (Wildman–Crippen LogP) is 15.0. The summed E-state index contributed by atoms with van der Waals surface area (Å²) in [5, 5.41) is 15.0. The van der Waals surface area contributed by atoms with E-state index < -0.39 is 49.2 Å². The molecule has 6 aliphatic heterocycles. The van der Waals surface area contributed by atoms with E-state index in [4.69, 9.17) is 43.0 Å². The molecule has 0 spiro atoms. The zero-order chi connectivity index (χ0) is 79.9. The number of hydrogen-bond acceptors (Lipinski definition) is 16. The molecule has 4 fully saturated rings. The number of aliphatic carboxylic acids is 1. The van der Waals surface area contributed by atoms with E-state index in [2.05, 4.69) is 23.8 Å². The molecule has 25 nitrogen and oxygen atoms in total. The lowest BCUT2D eigenvalue weighted by Crippen LogP contribution is -2.57. The molecule has 6 aliphatic rings. The van der Waals surface area contributed by atoms with Gasteiger partial charge in [0.2, 0.25) is 5.91 Å². The van der Waals surface area contributed by atoms with Gasteiger partial charge in [-0.2, -0.15) is 0 Å². The van der Waals surface area contributed by atoms with E-state index in [9.17, 15) is 38.4 Å². The van der Waals surface area contributed by atoms with Gasteiger partial charge in [0, 0.05) is 82.6 Å². The van der Waals surface area contributed by atoms with Gasteiger partial charge >= 0.3 is 18.2 Å². The molecule has 6 aromatic carbocycles. The zero-order valence-corrected chi connectivity index (χ0v) is 64.9. The third-order valence-electron chi connectivity index (χ3n) is 21.2. The van der Waals surface area contributed by atoms with Crippen molar-refractivity contribution >= 4 is 70.3 Å². The number of carboxylic acid groups (broad SMARTS) is 1. The molecule has 4 unspecified atom stereocenters. The molecule has 0 aliphatic carbocycles. The number of carboxylic acids is 1. The van der Waals surface area contributed by atoms with Crippen molar-refractivity contribution in [2.45, 2.75) is 160 Å². The van der Waals surface area contributed by atoms with E-state index in [0.29, 0.717) is 114 Å². The fraction of sp³-hybridized carbons (Fsp3) is 0.371. The number of carbonyl (C=O) groups excluding carboxylic acids is 7. The Bertz CT molecular complexity index is 4850. The molecule has 8 heterocycles. The lowest BCUT2D eigenvalue weighted by atomic mass is 10.00. The average molecular weight is 1550 g/mol. The summed E-state index contributed by atoms with van der Waals surface area (Å²) in [6.45, 7) is 13.6. The highest BCUT2D eigenvalue weighted by molar-refractivity contribution is 6.07. The maximum absolute atomic E-state index is 14.3. The number of piperidine rings is 2. The van der Waals surface area contributed by atoms with Gasteiger partial charge in [-0.15, -0.1) is 0 Å². The first-order chi connectivity index (χ1) is 55.3. The number of ether oxygens (including phenoxy) is 8. The summed E-state index contributed by atoms with van der Waals surface area (Å²) in [4.78, 5) is 114. The van der Waals surface area contributed by atoms with Crippen molar-refractivity contribution in [3.63, 3.8) is 0 Å². The topological polar surface area (TPSA) is 278 Å². The molecule has 596 valence electrons. The van der Waals surface area contributed by atoms with E-state index >= 15 is 0 Å². The molecule has 4 saturated heterocycles. The fourth-order valence-corrected chi connectivity index (χ4v) is 15.6. The summed E-state index contributed by atoms with van der Waals surface area (Å²) >= 11 is 0. The van der Waals surface area contributed by atoms with Crippen LogP contribution in [-0.2, 0) is 84.6 Å². The van der Waals surface area contributed by atoms with Gasteiger partial charge in [0.05, 0.1) is 58.8 Å². The molecule has 6 amide bonds. The number of fused-ring (bicyclic) bond motifs is 4. The van der Waals surface area contributed by atoms with Gasteiger partial charge in [-0.1, -0.05) is 116 Å². The molecular weight excluding hydrogens is 1450 g/mol. The third kappa shape index (κ3) is 19.3. The quantitative estimate of drug-likeness (QED) is 0.0354. The van der Waals surface area contributed by atoms with Crippen LogP contribution in [0.1, 0.15) is 158 Å². The average Bonchev–Trinajstić information content (AvgIpc) is 1.60. The number of anilines is 4. The van der Waals surface area contributed by atoms with Gasteiger partial charge < -0.3 is 72.6 Å². The zero-order valence-electron chi connectivity index (χ0n) is 64.9. The second kappa shape index (κ2) is 37.3. The largest absolute Gasteiger partial charge is 0.489 e. The van der Waals surface area contributed by atoms with Crippen LogP contribution >= 0.6 is 0 Å². The van der Waals surface area contributed by atoms with E-state index in [1.54, 1.807) is 70.9 Å². The third-order valence-corrected chi connectivity index (χ3v) is 21.2. The number of Topliss-reactive ketones (excluding diaryl/α,β-unsaturated/α-hetero) is 1. The van der Waals surface area contributed by atoms with Gasteiger partial charge in [-0.3, -0.25) is 28.8 Å². The standard InChI is InChI=1S/C57H60N6O9.C32H38N2O8/c1-5-25-70-57(68)63-47-33-51(37(2)27-45(47)55(67)62-24-11-9-18-46(62)56(63)72-53-19-10-12-26-69-53)71-36-40-15-13-14-39(28-40)30-52(65)58-44-32-48(61(4)35-44)50(64)29-38-20-22-41(23-21-38)42-31-49(60(3)34-42)54(66)59-43-16-7-6-8-17-43;1-3-14-40-32(38)34-26-19-27(41-20-23-10-8-9-22(17-23)18-28(35)36)21(2)16-24(26)30(37)33-13-6-4-11-25(33)31(34)42-29-12-5-7-15-39-29/h5-8,13-17,20-23,27-28,31-35,46,53,56H,1,9-12,18-19,24-26,29-30,36H2,2-4H3,(H,58,65)(H,59,66);3,8-10,16-17,19,25,29,31H,1,4-7,11-15,18,20H2,2H3,(H,35,36)/t46-,53?,56?;25-,29?,31?/m00/s1. The molecule has 25 heteroatoms. The highest BCUT2D eigenvalue weighted by Gasteiger charge is 2.49. The maximum Gasteiger partial charge on any atom is 0.416 e. The van der Waals surface area contributed by atoms with Crippen LogP contribution in [0.4, 0.5) is 32.3 Å². The van der Waals surface area contributed by atoms with Gasteiger partial charge in [0.25, 0.3) is 17.7 Å². The van der Waals surface area contributed by atoms with Crippen LogP contribution in [0.15, 0.2) is 177 Å². The van der Waals surface area contributed by atoms with Crippen molar-refractivity contribution in [3.05, 3.63) is 239 Å². The highest BCUT2D eigenvalue weighted by atomic mass is 16.7. The van der Waals surface area contributed by atoms with Crippen molar-refractivity contribution < 1.29 is 81.4 Å². The summed E-state index contributed by atoms with van der Waals surface area (Å²) in [7, 11) is 3.60. The molecule has 114 heavy (non-hydrogen) atoms. The molecule has 0 bridgehead atoms. The van der Waals surface area contributed by atoms with Crippen molar-refractivity contribution in [3.8, 4) is 22.6 Å². The SMILES string of the molecule is C=CCOC(=O)N1c2cc(OCc3cccc(CC(=O)Nc4cc(C(=O)Cc5ccc(-c6cc(C(=O)Nc7ccccc7)n(C)c6)cc5)n(C)c4)c3)c(C)cc2C(=O)N2CCCC[C@H]2C1OC1CCCCO1.C=CCOC(=O)N1c2cc(OCc3cccc(CC(=O)O)c3)c(C)cc2C(=O)N2CCCC[C@H]2C1OC1CCCCO1. The van der Waals surface area contributed by atoms with E-state index in [1.165, 1.54) is 22.0 Å². The molecule has 6 atom stereocenters. The first-order valence-corrected chi connectivity index (χ1v) is 39.1. The van der Waals surface area contributed by atoms with Crippen molar-refractivity contribution in [1.82, 2.24) is 18.9 Å². The van der Waals surface area contributed by atoms with Crippen LogP contribution in [0.5, 0.6) is 11.5 Å². The van der Waals surface area contributed by atoms with Gasteiger partial charge in [-0.05, 0) is 172 Å². The first kappa shape index (κ1) is 80.4. The number of aryl methyl sites for hydroxylation is 4. The number of nitrogens with zero attached hydrogens (tertiary/aromatic N) is 6. The van der Waals surface area contributed by atoms with Gasteiger partial charge in [0.1, 0.15) is 43.6 Å². The van der Waals surface area contributed by atoms with Crippen LogP contribution in [0, 0.1) is 13.8 Å². The Labute approximate surface area is 663 Å². The van der Waals surface area contributed by atoms with Gasteiger partial charge in [0.15, 0.2) is 30.8 Å². The van der Waals surface area contributed by atoms with E-state index in [1.807, 2.05) is 128 Å². The summed E-state index contributed by atoms with van der Waals surface area (Å²) in [5.74, 6) is -0.860. The first-order valence-electron chi connectivity index (χ1n) is 39.1. The maximum atomic E-state index is 14.3. The fourth-order valence-electron chi connectivity index (χ4n) is 15.6. The Hall–Kier alpha value is -11.6. The Morgan fingerprint density at radius 1 is 0.509 bits per heavy atom. The highest BCUT2D eigenvalue weighted by Crippen LogP contribution is 2.43. The predicted molar refractivity (Wildman–Crippen MR) is 429 cm³/mol. The monoisotopic (exact) mass is 1550 g/mol. The lowest BCUT2D eigenvalue weighted by molar-refractivity contribution is -0.199. The van der Waals surface area contributed by atoms with E-state index in [-0.39, 0.29) is 81.1 Å². The minimum Gasteiger partial charge on any atom is -0.489 e. The minimum atomic E-state index is -0.908. The van der Waals surface area contributed by atoms with Crippen LogP contribution in [-0.4, -0.2) is 148 Å². The molecule has 0 radical (unpaired) electrons. The smallest absolute Gasteiger partial charge is 0.416 e. The normalized spacial score (nSPS) is 19.2. The number of ketones is 1. The summed E-state index contributed by atoms with van der Waals surface area (Å²) in [6.07, 6.45) is 12.7. The van der Waals surface area contributed by atoms with Crippen LogP contribution < -0.4 is 29.9 Å².